The summed E-state index contributed by atoms with van der Waals surface area (Å²) in [6.45, 7) is 3.28. The SMILES string of the molecule is CN1CCN(C2CC3C(C2)C3(F)F)c2cc(C(F)(F)F)c(OCC(C)(C)C(=O)O)cc2S1. The lowest BCUT2D eigenvalue weighted by Crippen LogP contribution is -2.39. The zero-order chi connectivity index (χ0) is 23.6. The van der Waals surface area contributed by atoms with Crippen molar-refractivity contribution < 1.29 is 36.6 Å². The maximum atomic E-state index is 13.9. The fraction of sp³-hybridized carbons (Fsp3) is 0.667. The van der Waals surface area contributed by atoms with Gasteiger partial charge in [0.05, 0.1) is 21.6 Å². The van der Waals surface area contributed by atoms with Crippen LogP contribution in [0.5, 0.6) is 5.75 Å². The second-order valence-electron chi connectivity index (χ2n) is 9.44. The Morgan fingerprint density at radius 1 is 1.22 bits per heavy atom. The fourth-order valence-electron chi connectivity index (χ4n) is 4.51. The first-order valence-corrected chi connectivity index (χ1v) is 11.1. The molecule has 2 saturated carbocycles. The highest BCUT2D eigenvalue weighted by Gasteiger charge is 2.72. The second kappa shape index (κ2) is 7.65. The standard InChI is InChI=1S/C21H25F5N2O3S/c1-19(2,18(29)30)10-31-16-9-17-15(8-14(16)21(24,25)26)28(5-4-27(3)32-17)11-6-12-13(7-11)20(12,22)23/h8-9,11-13H,4-7,10H2,1-3H3,(H,29,30). The molecular formula is C21H25F5N2O3S. The van der Waals surface area contributed by atoms with Gasteiger partial charge in [-0.1, -0.05) is 0 Å². The molecule has 2 aliphatic carbocycles. The summed E-state index contributed by atoms with van der Waals surface area (Å²) in [5, 5.41) is 9.26. The van der Waals surface area contributed by atoms with Crippen LogP contribution in [0.4, 0.5) is 27.6 Å². The summed E-state index contributed by atoms with van der Waals surface area (Å²) in [5.41, 5.74) is -2.02. The van der Waals surface area contributed by atoms with E-state index in [-0.39, 0.29) is 18.9 Å². The van der Waals surface area contributed by atoms with Gasteiger partial charge < -0.3 is 14.7 Å². The Hall–Kier alpha value is -1.75. The number of carboxylic acids is 1. The third kappa shape index (κ3) is 4.13. The summed E-state index contributed by atoms with van der Waals surface area (Å²) in [6.07, 6.45) is -4.20. The number of nitrogens with zero attached hydrogens (tertiary/aromatic N) is 2. The van der Waals surface area contributed by atoms with Crippen molar-refractivity contribution in [3.8, 4) is 5.75 Å². The minimum atomic E-state index is -4.73. The predicted molar refractivity (Wildman–Crippen MR) is 109 cm³/mol. The number of anilines is 1. The van der Waals surface area contributed by atoms with Crippen molar-refractivity contribution in [2.45, 2.75) is 49.7 Å². The quantitative estimate of drug-likeness (QED) is 0.473. The molecule has 0 bridgehead atoms. The van der Waals surface area contributed by atoms with Gasteiger partial charge in [0.2, 0.25) is 0 Å². The van der Waals surface area contributed by atoms with Crippen LogP contribution in [0.2, 0.25) is 0 Å². The van der Waals surface area contributed by atoms with Crippen molar-refractivity contribution in [3.63, 3.8) is 0 Å². The van der Waals surface area contributed by atoms with Crippen LogP contribution in [0.1, 0.15) is 32.3 Å². The van der Waals surface area contributed by atoms with Crippen molar-refractivity contribution in [2.75, 3.05) is 31.6 Å². The molecule has 1 heterocycles. The number of ether oxygens (including phenoxy) is 1. The molecule has 0 spiro atoms. The molecule has 3 aliphatic rings. The molecule has 2 fully saturated rings. The van der Waals surface area contributed by atoms with Crippen LogP contribution in [0.15, 0.2) is 17.0 Å². The van der Waals surface area contributed by atoms with Crippen molar-refractivity contribution >= 4 is 23.6 Å². The summed E-state index contributed by atoms with van der Waals surface area (Å²) in [6, 6.07) is 2.07. The Morgan fingerprint density at radius 2 is 1.84 bits per heavy atom. The third-order valence-corrected chi connectivity index (χ3v) is 7.63. The second-order valence-corrected chi connectivity index (χ2v) is 10.7. The van der Waals surface area contributed by atoms with Crippen LogP contribution >= 0.6 is 11.9 Å². The van der Waals surface area contributed by atoms with Gasteiger partial charge in [0.15, 0.2) is 0 Å². The first-order valence-electron chi connectivity index (χ1n) is 10.4. The van der Waals surface area contributed by atoms with Crippen LogP contribution in [0, 0.1) is 17.3 Å². The number of aliphatic carboxylic acids is 1. The molecule has 1 aromatic carbocycles. The van der Waals surface area contributed by atoms with E-state index in [4.69, 9.17) is 4.74 Å². The molecule has 32 heavy (non-hydrogen) atoms. The highest BCUT2D eigenvalue weighted by Crippen LogP contribution is 2.65. The highest BCUT2D eigenvalue weighted by atomic mass is 32.2. The molecule has 0 amide bonds. The van der Waals surface area contributed by atoms with E-state index < -0.39 is 53.2 Å². The van der Waals surface area contributed by atoms with Crippen molar-refractivity contribution in [1.82, 2.24) is 4.31 Å². The summed E-state index contributed by atoms with van der Waals surface area (Å²) in [4.78, 5) is 13.7. The Kier molecular flexibility index (Phi) is 5.59. The molecule has 4 rings (SSSR count). The van der Waals surface area contributed by atoms with E-state index in [9.17, 15) is 31.9 Å². The summed E-state index contributed by atoms with van der Waals surface area (Å²) >= 11 is 1.26. The lowest BCUT2D eigenvalue weighted by molar-refractivity contribution is -0.148. The summed E-state index contributed by atoms with van der Waals surface area (Å²) < 4.78 is 76.4. The Morgan fingerprint density at radius 3 is 2.41 bits per heavy atom. The molecule has 1 N–H and O–H groups in total. The molecule has 1 aliphatic heterocycles. The average Bonchev–Trinajstić information content (AvgIpc) is 2.99. The lowest BCUT2D eigenvalue weighted by Gasteiger charge is -2.33. The highest BCUT2D eigenvalue weighted by molar-refractivity contribution is 7.97. The number of hydrogen-bond acceptors (Lipinski definition) is 5. The smallest absolute Gasteiger partial charge is 0.420 e. The Labute approximate surface area is 187 Å². The van der Waals surface area contributed by atoms with Gasteiger partial charge >= 0.3 is 12.1 Å². The average molecular weight is 480 g/mol. The summed E-state index contributed by atoms with van der Waals surface area (Å²) in [5.74, 6) is -5.64. The van der Waals surface area contributed by atoms with Crippen LogP contribution in [0.3, 0.4) is 0 Å². The van der Waals surface area contributed by atoms with E-state index in [1.165, 1.54) is 31.9 Å². The van der Waals surface area contributed by atoms with E-state index in [1.54, 1.807) is 0 Å². The van der Waals surface area contributed by atoms with E-state index in [2.05, 4.69) is 0 Å². The minimum Gasteiger partial charge on any atom is -0.492 e. The van der Waals surface area contributed by atoms with Gasteiger partial charge in [0, 0.05) is 31.0 Å². The molecular weight excluding hydrogens is 455 g/mol. The monoisotopic (exact) mass is 480 g/mol. The van der Waals surface area contributed by atoms with E-state index in [1.807, 2.05) is 16.3 Å². The minimum absolute atomic E-state index is 0.241. The van der Waals surface area contributed by atoms with E-state index in [0.29, 0.717) is 23.7 Å². The van der Waals surface area contributed by atoms with E-state index in [0.717, 1.165) is 6.07 Å². The van der Waals surface area contributed by atoms with Crippen molar-refractivity contribution in [1.29, 1.82) is 0 Å². The maximum Gasteiger partial charge on any atom is 0.420 e. The maximum absolute atomic E-state index is 13.9. The molecule has 1 aromatic rings. The van der Waals surface area contributed by atoms with E-state index >= 15 is 0 Å². The molecule has 2 atom stereocenters. The zero-order valence-corrected chi connectivity index (χ0v) is 18.7. The fourth-order valence-corrected chi connectivity index (χ4v) is 5.45. The molecule has 5 nitrogen and oxygen atoms in total. The van der Waals surface area contributed by atoms with Gasteiger partial charge in [0.1, 0.15) is 12.4 Å². The molecule has 178 valence electrons. The number of halogens is 5. The topological polar surface area (TPSA) is 53.0 Å². The first-order chi connectivity index (χ1) is 14.7. The van der Waals surface area contributed by atoms with Crippen LogP contribution in [-0.4, -0.2) is 54.1 Å². The van der Waals surface area contributed by atoms with Crippen LogP contribution < -0.4 is 9.64 Å². The van der Waals surface area contributed by atoms with Crippen LogP contribution in [0.25, 0.3) is 0 Å². The number of rotatable bonds is 5. The molecule has 0 aromatic heterocycles. The number of likely N-dealkylation sites (N-methyl/N-ethyl adjacent to an activating group) is 1. The number of hydrogen-bond donors (Lipinski definition) is 1. The number of alkyl halides is 5. The number of carbonyl (C=O) groups is 1. The van der Waals surface area contributed by atoms with Crippen LogP contribution in [-0.2, 0) is 11.0 Å². The summed E-state index contributed by atoms with van der Waals surface area (Å²) in [7, 11) is 1.81. The normalized spacial score (nSPS) is 27.5. The van der Waals surface area contributed by atoms with Gasteiger partial charge in [-0.05, 0) is 57.8 Å². The molecule has 0 radical (unpaired) electrons. The zero-order valence-electron chi connectivity index (χ0n) is 17.9. The number of fused-ring (bicyclic) bond motifs is 2. The van der Waals surface area contributed by atoms with Gasteiger partial charge in [-0.15, -0.1) is 0 Å². The van der Waals surface area contributed by atoms with Gasteiger partial charge in [-0.2, -0.15) is 13.2 Å². The lowest BCUT2D eigenvalue weighted by atomic mass is 9.95. The Bertz CT molecular complexity index is 909. The predicted octanol–water partition coefficient (Wildman–Crippen LogP) is 5.00. The Balaban J connectivity index is 1.69. The largest absolute Gasteiger partial charge is 0.492 e. The van der Waals surface area contributed by atoms with Gasteiger partial charge in [-0.25, -0.2) is 13.1 Å². The first kappa shape index (κ1) is 23.4. The molecule has 11 heteroatoms. The third-order valence-electron chi connectivity index (χ3n) is 6.61. The van der Waals surface area contributed by atoms with Gasteiger partial charge in [-0.3, -0.25) is 4.79 Å². The molecule has 0 saturated heterocycles. The number of benzene rings is 1. The van der Waals surface area contributed by atoms with Gasteiger partial charge in [0.25, 0.3) is 5.92 Å². The molecule has 2 unspecified atom stereocenters. The number of carboxylic acid groups (broad SMARTS) is 1. The van der Waals surface area contributed by atoms with Crippen molar-refractivity contribution in [3.05, 3.63) is 17.7 Å². The van der Waals surface area contributed by atoms with Crippen molar-refractivity contribution in [2.24, 2.45) is 17.3 Å².